The van der Waals surface area contributed by atoms with Gasteiger partial charge < -0.3 is 4.90 Å². The average molecular weight is 171 g/mol. The van der Waals surface area contributed by atoms with Crippen LogP contribution in [0.25, 0.3) is 0 Å². The van der Waals surface area contributed by atoms with E-state index in [1.807, 2.05) is 34.9 Å². The lowest BCUT2D eigenvalue weighted by Crippen LogP contribution is -2.32. The van der Waals surface area contributed by atoms with E-state index < -0.39 is 0 Å². The number of rotatable bonds is 2. The first-order valence-electron chi connectivity index (χ1n) is 3.84. The third-order valence-electron chi connectivity index (χ3n) is 1.14. The van der Waals surface area contributed by atoms with E-state index in [2.05, 4.69) is 10.5 Å². The highest BCUT2D eigenvalue weighted by atomic mass is 16.2. The van der Waals surface area contributed by atoms with E-state index in [9.17, 15) is 4.79 Å². The highest BCUT2D eigenvalue weighted by Crippen LogP contribution is 2.11. The van der Waals surface area contributed by atoms with Crippen molar-refractivity contribution in [3.8, 4) is 0 Å². The fourth-order valence-corrected chi connectivity index (χ4v) is 0.371. The van der Waals surface area contributed by atoms with Crippen molar-refractivity contribution in [2.75, 3.05) is 14.1 Å². The number of amides is 1. The average Bonchev–Trinajstić information content (AvgIpc) is 1.84. The van der Waals surface area contributed by atoms with Crippen LogP contribution in [0.15, 0.2) is 5.10 Å². The Balaban J connectivity index is 3.88. The molecule has 0 aromatic heterocycles. The van der Waals surface area contributed by atoms with Gasteiger partial charge >= 0.3 is 0 Å². The molecule has 0 rings (SSSR count). The zero-order chi connectivity index (χ0) is 9.78. The second-order valence-electron chi connectivity index (χ2n) is 3.90. The number of hydrogen-bond donors (Lipinski definition) is 1. The molecule has 0 aromatic carbocycles. The summed E-state index contributed by atoms with van der Waals surface area (Å²) in [7, 11) is 3.68. The number of carbonyl (C=O) groups is 1. The highest BCUT2D eigenvalue weighted by molar-refractivity contribution is 5.81. The molecule has 1 amide bonds. The maximum absolute atomic E-state index is 11.2. The van der Waals surface area contributed by atoms with Crippen molar-refractivity contribution in [3.05, 3.63) is 0 Å². The Morgan fingerprint density at radius 1 is 1.42 bits per heavy atom. The highest BCUT2D eigenvalue weighted by Gasteiger charge is 2.20. The molecule has 0 aliphatic carbocycles. The van der Waals surface area contributed by atoms with Crippen molar-refractivity contribution in [1.29, 1.82) is 0 Å². The minimum absolute atomic E-state index is 0.0828. The predicted octanol–water partition coefficient (Wildman–Crippen LogP) is 0.654. The molecule has 70 valence electrons. The molecule has 0 saturated heterocycles. The quantitative estimate of drug-likeness (QED) is 0.377. The van der Waals surface area contributed by atoms with E-state index in [1.54, 1.807) is 11.2 Å². The van der Waals surface area contributed by atoms with Crippen molar-refractivity contribution in [2.24, 2.45) is 10.5 Å². The molecule has 0 aliphatic rings. The Kier molecular flexibility index (Phi) is 3.73. The van der Waals surface area contributed by atoms with Gasteiger partial charge in [0.1, 0.15) is 6.34 Å². The summed E-state index contributed by atoms with van der Waals surface area (Å²) in [6.45, 7) is 5.52. The zero-order valence-corrected chi connectivity index (χ0v) is 8.38. The Bertz CT molecular complexity index is 179. The minimum Gasteiger partial charge on any atom is -0.367 e. The maximum atomic E-state index is 11.2. The van der Waals surface area contributed by atoms with Crippen LogP contribution < -0.4 is 5.43 Å². The van der Waals surface area contributed by atoms with Gasteiger partial charge in [-0.2, -0.15) is 5.10 Å². The van der Waals surface area contributed by atoms with Crippen LogP contribution in [0.4, 0.5) is 0 Å². The lowest BCUT2D eigenvalue weighted by Gasteiger charge is -2.15. The topological polar surface area (TPSA) is 44.7 Å². The molecule has 1 N–H and O–H groups in total. The van der Waals surface area contributed by atoms with E-state index in [0.29, 0.717) is 0 Å². The van der Waals surface area contributed by atoms with Gasteiger partial charge in [0.2, 0.25) is 5.91 Å². The van der Waals surface area contributed by atoms with Gasteiger partial charge in [0.15, 0.2) is 0 Å². The fraction of sp³-hybridized carbons (Fsp3) is 0.750. The summed E-state index contributed by atoms with van der Waals surface area (Å²) < 4.78 is 0. The largest absolute Gasteiger partial charge is 0.367 e. The molecule has 0 atom stereocenters. The number of hydrogen-bond acceptors (Lipinski definition) is 2. The number of hydrazone groups is 1. The number of carbonyl (C=O) groups excluding carboxylic acids is 1. The summed E-state index contributed by atoms with van der Waals surface area (Å²) in [5.74, 6) is -0.0828. The lowest BCUT2D eigenvalue weighted by molar-refractivity contribution is -0.128. The summed E-state index contributed by atoms with van der Waals surface area (Å²) in [4.78, 5) is 13.0. The molecule has 0 aromatic rings. The van der Waals surface area contributed by atoms with Crippen LogP contribution >= 0.6 is 0 Å². The van der Waals surface area contributed by atoms with Gasteiger partial charge in [0.05, 0.1) is 0 Å². The molecule has 0 radical (unpaired) electrons. The predicted molar refractivity (Wildman–Crippen MR) is 49.8 cm³/mol. The Morgan fingerprint density at radius 2 is 1.92 bits per heavy atom. The van der Waals surface area contributed by atoms with E-state index >= 15 is 0 Å². The van der Waals surface area contributed by atoms with Crippen LogP contribution in [-0.4, -0.2) is 31.2 Å². The van der Waals surface area contributed by atoms with E-state index in [0.717, 1.165) is 0 Å². The van der Waals surface area contributed by atoms with Crippen molar-refractivity contribution >= 4 is 12.2 Å². The molecular formula is C8H17N3O. The van der Waals surface area contributed by atoms with Crippen LogP contribution in [0, 0.1) is 5.41 Å². The molecule has 0 aliphatic heterocycles. The van der Waals surface area contributed by atoms with Gasteiger partial charge in [-0.25, -0.2) is 5.43 Å². The molecule has 0 saturated carbocycles. The van der Waals surface area contributed by atoms with Gasteiger partial charge in [0.25, 0.3) is 0 Å². The first-order chi connectivity index (χ1) is 5.34. The van der Waals surface area contributed by atoms with E-state index in [-0.39, 0.29) is 11.3 Å². The lowest BCUT2D eigenvalue weighted by atomic mass is 9.96. The zero-order valence-electron chi connectivity index (χ0n) is 8.38. The van der Waals surface area contributed by atoms with Crippen molar-refractivity contribution in [1.82, 2.24) is 10.3 Å². The molecule has 0 heterocycles. The third kappa shape index (κ3) is 4.71. The van der Waals surface area contributed by atoms with E-state index in [1.165, 1.54) is 0 Å². The monoisotopic (exact) mass is 171 g/mol. The second-order valence-corrected chi connectivity index (χ2v) is 3.90. The Hall–Kier alpha value is -1.06. The molecular weight excluding hydrogens is 154 g/mol. The maximum Gasteiger partial charge on any atom is 0.245 e. The van der Waals surface area contributed by atoms with Gasteiger partial charge in [-0.15, -0.1) is 0 Å². The van der Waals surface area contributed by atoms with Crippen LogP contribution in [0.5, 0.6) is 0 Å². The molecule has 4 nitrogen and oxygen atoms in total. The first kappa shape index (κ1) is 10.9. The smallest absolute Gasteiger partial charge is 0.245 e. The standard InChI is InChI=1S/C8H17N3O/c1-8(2,3)7(12)10-9-6-11(4)5/h6H,1-5H3,(H,10,12)/b9-6+. The summed E-state index contributed by atoms with van der Waals surface area (Å²) >= 11 is 0. The van der Waals surface area contributed by atoms with Crippen molar-refractivity contribution in [2.45, 2.75) is 20.8 Å². The van der Waals surface area contributed by atoms with Crippen molar-refractivity contribution in [3.63, 3.8) is 0 Å². The minimum atomic E-state index is -0.385. The summed E-state index contributed by atoms with van der Waals surface area (Å²) in [5.41, 5.74) is 2.06. The van der Waals surface area contributed by atoms with Crippen LogP contribution in [0.1, 0.15) is 20.8 Å². The first-order valence-corrected chi connectivity index (χ1v) is 3.84. The Labute approximate surface area is 73.6 Å². The van der Waals surface area contributed by atoms with E-state index in [4.69, 9.17) is 0 Å². The fourth-order valence-electron chi connectivity index (χ4n) is 0.371. The molecule has 0 fully saturated rings. The summed E-state index contributed by atoms with van der Waals surface area (Å²) in [6.07, 6.45) is 1.55. The Morgan fingerprint density at radius 3 is 2.25 bits per heavy atom. The molecule has 0 unspecified atom stereocenters. The summed E-state index contributed by atoms with van der Waals surface area (Å²) in [6, 6.07) is 0. The van der Waals surface area contributed by atoms with Crippen LogP contribution in [0.2, 0.25) is 0 Å². The SMILES string of the molecule is CN(C)/C=N/NC(=O)C(C)(C)C. The van der Waals surface area contributed by atoms with Gasteiger partial charge in [-0.05, 0) is 0 Å². The number of nitrogens with zero attached hydrogens (tertiary/aromatic N) is 2. The second kappa shape index (κ2) is 4.09. The molecule has 4 heteroatoms. The molecule has 0 bridgehead atoms. The molecule has 12 heavy (non-hydrogen) atoms. The normalized spacial score (nSPS) is 11.8. The van der Waals surface area contributed by atoms with Crippen LogP contribution in [-0.2, 0) is 4.79 Å². The van der Waals surface area contributed by atoms with Gasteiger partial charge in [-0.3, -0.25) is 4.79 Å². The van der Waals surface area contributed by atoms with Crippen LogP contribution in [0.3, 0.4) is 0 Å². The summed E-state index contributed by atoms with van der Waals surface area (Å²) in [5, 5.41) is 3.74. The van der Waals surface area contributed by atoms with Gasteiger partial charge in [0, 0.05) is 19.5 Å². The third-order valence-corrected chi connectivity index (χ3v) is 1.14. The van der Waals surface area contributed by atoms with Gasteiger partial charge in [-0.1, -0.05) is 20.8 Å². The van der Waals surface area contributed by atoms with Crippen molar-refractivity contribution < 1.29 is 4.79 Å². The molecule has 0 spiro atoms. The number of nitrogens with one attached hydrogen (secondary N) is 1.